The summed E-state index contributed by atoms with van der Waals surface area (Å²) in [6.07, 6.45) is 5.93. The van der Waals surface area contributed by atoms with Crippen molar-refractivity contribution in [3.8, 4) is 0 Å². The van der Waals surface area contributed by atoms with Crippen LogP contribution in [0.2, 0.25) is 0 Å². The maximum absolute atomic E-state index is 11.6. The minimum atomic E-state index is -0.0152. The largest absolute Gasteiger partial charge is 0.376 e. The van der Waals surface area contributed by atoms with Crippen molar-refractivity contribution >= 4 is 5.91 Å². The van der Waals surface area contributed by atoms with E-state index in [1.807, 2.05) is 13.1 Å². The van der Waals surface area contributed by atoms with Gasteiger partial charge in [-0.3, -0.25) is 9.48 Å². The second-order valence-corrected chi connectivity index (χ2v) is 4.15. The van der Waals surface area contributed by atoms with Gasteiger partial charge in [-0.05, 0) is 25.3 Å². The number of carbonyl (C=O) groups is 1. The van der Waals surface area contributed by atoms with Crippen molar-refractivity contribution in [2.75, 3.05) is 13.2 Å². The molecule has 5 nitrogen and oxygen atoms in total. The first kappa shape index (κ1) is 11.1. The molecule has 1 fully saturated rings. The lowest BCUT2D eigenvalue weighted by Crippen LogP contribution is -2.34. The quantitative estimate of drug-likeness (QED) is 0.808. The van der Waals surface area contributed by atoms with Crippen LogP contribution < -0.4 is 5.32 Å². The summed E-state index contributed by atoms with van der Waals surface area (Å²) >= 11 is 0. The number of nitrogens with one attached hydrogen (secondary N) is 1. The highest BCUT2D eigenvalue weighted by atomic mass is 16.5. The lowest BCUT2D eigenvalue weighted by molar-refractivity contribution is -0.122. The van der Waals surface area contributed by atoms with Crippen molar-refractivity contribution in [1.82, 2.24) is 15.1 Å². The van der Waals surface area contributed by atoms with E-state index in [2.05, 4.69) is 10.4 Å². The molecule has 1 saturated heterocycles. The van der Waals surface area contributed by atoms with Crippen molar-refractivity contribution in [3.63, 3.8) is 0 Å². The second kappa shape index (κ2) is 5.12. The van der Waals surface area contributed by atoms with Gasteiger partial charge in [-0.2, -0.15) is 5.10 Å². The summed E-state index contributed by atoms with van der Waals surface area (Å²) in [4.78, 5) is 11.6. The lowest BCUT2D eigenvalue weighted by Gasteiger charge is -2.10. The van der Waals surface area contributed by atoms with Crippen LogP contribution in [0.5, 0.6) is 0 Å². The van der Waals surface area contributed by atoms with Crippen LogP contribution >= 0.6 is 0 Å². The van der Waals surface area contributed by atoms with E-state index < -0.39 is 0 Å². The molecule has 1 aromatic heterocycles. The van der Waals surface area contributed by atoms with Gasteiger partial charge in [0.2, 0.25) is 5.91 Å². The highest BCUT2D eigenvalue weighted by molar-refractivity contribution is 5.75. The number of hydrogen-bond donors (Lipinski definition) is 1. The molecule has 0 radical (unpaired) electrons. The van der Waals surface area contributed by atoms with E-state index in [1.165, 1.54) is 0 Å². The average molecular weight is 223 g/mol. The van der Waals surface area contributed by atoms with E-state index in [4.69, 9.17) is 4.74 Å². The Morgan fingerprint density at radius 1 is 1.75 bits per heavy atom. The van der Waals surface area contributed by atoms with Crippen molar-refractivity contribution in [1.29, 1.82) is 0 Å². The van der Waals surface area contributed by atoms with Crippen LogP contribution in [0.1, 0.15) is 18.4 Å². The molecule has 1 aromatic rings. The summed E-state index contributed by atoms with van der Waals surface area (Å²) in [5.41, 5.74) is 1.06. The molecular formula is C11H17N3O2. The Morgan fingerprint density at radius 3 is 3.25 bits per heavy atom. The van der Waals surface area contributed by atoms with Crippen molar-refractivity contribution < 1.29 is 9.53 Å². The first-order chi connectivity index (χ1) is 7.74. The van der Waals surface area contributed by atoms with Gasteiger partial charge >= 0.3 is 0 Å². The lowest BCUT2D eigenvalue weighted by atomic mass is 10.2. The molecule has 0 aromatic carbocycles. The molecular weight excluding hydrogens is 206 g/mol. The molecule has 88 valence electrons. The van der Waals surface area contributed by atoms with Gasteiger partial charge in [-0.25, -0.2) is 0 Å². The van der Waals surface area contributed by atoms with Gasteiger partial charge < -0.3 is 10.1 Å². The van der Waals surface area contributed by atoms with Crippen molar-refractivity contribution in [2.45, 2.75) is 32.4 Å². The van der Waals surface area contributed by atoms with E-state index in [0.717, 1.165) is 25.0 Å². The summed E-state index contributed by atoms with van der Waals surface area (Å²) in [5.74, 6) is -0.0152. The minimum Gasteiger partial charge on any atom is -0.376 e. The molecule has 16 heavy (non-hydrogen) atoms. The van der Waals surface area contributed by atoms with Gasteiger partial charge in [-0.1, -0.05) is 0 Å². The Bertz CT molecular complexity index is 356. The Kier molecular flexibility index (Phi) is 3.56. The zero-order valence-electron chi connectivity index (χ0n) is 9.48. The molecule has 1 N–H and O–H groups in total. The van der Waals surface area contributed by atoms with Crippen LogP contribution in [0.15, 0.2) is 12.4 Å². The maximum atomic E-state index is 11.6. The van der Waals surface area contributed by atoms with Crippen LogP contribution in [0, 0.1) is 6.92 Å². The molecule has 2 heterocycles. The molecule has 0 aliphatic carbocycles. The summed E-state index contributed by atoms with van der Waals surface area (Å²) < 4.78 is 7.06. The number of carbonyl (C=O) groups excluding carboxylic acids is 1. The van der Waals surface area contributed by atoms with Gasteiger partial charge in [0, 0.05) is 19.3 Å². The van der Waals surface area contributed by atoms with Gasteiger partial charge in [-0.15, -0.1) is 0 Å². The maximum Gasteiger partial charge on any atom is 0.241 e. The summed E-state index contributed by atoms with van der Waals surface area (Å²) in [6.45, 7) is 3.66. The SMILES string of the molecule is Cc1cnn(CC(=O)NCC2CCCO2)c1. The zero-order valence-corrected chi connectivity index (χ0v) is 9.48. The number of rotatable bonds is 4. The fraction of sp³-hybridized carbons (Fsp3) is 0.636. The predicted octanol–water partition coefficient (Wildman–Crippen LogP) is 0.487. The zero-order chi connectivity index (χ0) is 11.4. The Balaban J connectivity index is 1.71. The van der Waals surface area contributed by atoms with E-state index in [-0.39, 0.29) is 18.6 Å². The first-order valence-corrected chi connectivity index (χ1v) is 5.61. The van der Waals surface area contributed by atoms with Crippen LogP contribution in [-0.2, 0) is 16.1 Å². The van der Waals surface area contributed by atoms with Gasteiger partial charge in [0.15, 0.2) is 0 Å². The van der Waals surface area contributed by atoms with Crippen LogP contribution in [-0.4, -0.2) is 34.9 Å². The summed E-state index contributed by atoms with van der Waals surface area (Å²) in [6, 6.07) is 0. The number of ether oxygens (including phenoxy) is 1. The van der Waals surface area contributed by atoms with E-state index in [1.54, 1.807) is 10.9 Å². The molecule has 0 bridgehead atoms. The average Bonchev–Trinajstić information content (AvgIpc) is 2.87. The minimum absolute atomic E-state index is 0.0152. The number of hydrogen-bond acceptors (Lipinski definition) is 3. The molecule has 1 aliphatic rings. The number of aromatic nitrogens is 2. The smallest absolute Gasteiger partial charge is 0.241 e. The predicted molar refractivity (Wildman–Crippen MR) is 58.9 cm³/mol. The van der Waals surface area contributed by atoms with E-state index in [0.29, 0.717) is 6.54 Å². The fourth-order valence-electron chi connectivity index (χ4n) is 1.79. The topological polar surface area (TPSA) is 56.2 Å². The number of aryl methyl sites for hydroxylation is 1. The van der Waals surface area contributed by atoms with Crippen molar-refractivity contribution in [3.05, 3.63) is 18.0 Å². The number of nitrogens with zero attached hydrogens (tertiary/aromatic N) is 2. The summed E-state index contributed by atoms with van der Waals surface area (Å²) in [7, 11) is 0. The van der Waals surface area contributed by atoms with Crippen LogP contribution in [0.4, 0.5) is 0 Å². The molecule has 0 spiro atoms. The highest BCUT2D eigenvalue weighted by Gasteiger charge is 2.16. The van der Waals surface area contributed by atoms with Gasteiger partial charge in [0.05, 0.1) is 12.3 Å². The van der Waals surface area contributed by atoms with E-state index in [9.17, 15) is 4.79 Å². The Hall–Kier alpha value is -1.36. The molecule has 1 atom stereocenters. The highest BCUT2D eigenvalue weighted by Crippen LogP contribution is 2.10. The molecule has 1 amide bonds. The molecule has 5 heteroatoms. The normalized spacial score (nSPS) is 19.9. The Labute approximate surface area is 94.8 Å². The third-order valence-corrected chi connectivity index (χ3v) is 2.62. The molecule has 2 rings (SSSR count). The van der Waals surface area contributed by atoms with E-state index >= 15 is 0 Å². The number of amides is 1. The standard InChI is InChI=1S/C11H17N3O2/c1-9-5-13-14(7-9)8-11(15)12-6-10-3-2-4-16-10/h5,7,10H,2-4,6,8H2,1H3,(H,12,15). The van der Waals surface area contributed by atoms with Gasteiger partial charge in [0.1, 0.15) is 6.54 Å². The van der Waals surface area contributed by atoms with Crippen molar-refractivity contribution in [2.24, 2.45) is 0 Å². The van der Waals surface area contributed by atoms with Crippen LogP contribution in [0.3, 0.4) is 0 Å². The first-order valence-electron chi connectivity index (χ1n) is 5.61. The molecule has 1 aliphatic heterocycles. The third-order valence-electron chi connectivity index (χ3n) is 2.62. The third kappa shape index (κ3) is 3.06. The summed E-state index contributed by atoms with van der Waals surface area (Å²) in [5, 5.41) is 6.92. The fourth-order valence-corrected chi connectivity index (χ4v) is 1.79. The second-order valence-electron chi connectivity index (χ2n) is 4.15. The Morgan fingerprint density at radius 2 is 2.62 bits per heavy atom. The van der Waals surface area contributed by atoms with Gasteiger partial charge in [0.25, 0.3) is 0 Å². The molecule has 1 unspecified atom stereocenters. The monoisotopic (exact) mass is 223 g/mol. The molecule has 0 saturated carbocycles. The van der Waals surface area contributed by atoms with Crippen LogP contribution in [0.25, 0.3) is 0 Å².